The van der Waals surface area contributed by atoms with E-state index >= 15 is 0 Å². The van der Waals surface area contributed by atoms with Crippen LogP contribution in [0.5, 0.6) is 5.75 Å². The Bertz CT molecular complexity index is 1090. The van der Waals surface area contributed by atoms with Gasteiger partial charge in [-0.15, -0.1) is 0 Å². The fraction of sp³-hybridized carbons (Fsp3) is 0.160. The lowest BCUT2D eigenvalue weighted by molar-refractivity contribution is 0.0766. The maximum atomic E-state index is 12.8. The zero-order valence-electron chi connectivity index (χ0n) is 16.1. The van der Waals surface area contributed by atoms with Crippen molar-refractivity contribution >= 4 is 17.5 Å². The molecule has 29 heavy (non-hydrogen) atoms. The fourth-order valence-corrected chi connectivity index (χ4v) is 3.49. The first-order chi connectivity index (χ1) is 14.1. The van der Waals surface area contributed by atoms with Crippen molar-refractivity contribution in [3.05, 3.63) is 99.6 Å². The van der Waals surface area contributed by atoms with Crippen LogP contribution in [0, 0.1) is 11.8 Å². The van der Waals surface area contributed by atoms with Gasteiger partial charge in [-0.3, -0.25) is 4.79 Å². The third-order valence-corrected chi connectivity index (χ3v) is 5.21. The number of fused-ring (bicyclic) bond motifs is 1. The van der Waals surface area contributed by atoms with Gasteiger partial charge in [-0.2, -0.15) is 0 Å². The first kappa shape index (κ1) is 19.1. The SMILES string of the molecule is COc1ccc(CC#Cc2ccc3c(c2)C(=O)N(Cc2ccc(Cl)cc2)C3)cc1. The molecule has 3 aromatic carbocycles. The molecule has 1 amide bonds. The van der Waals surface area contributed by atoms with Crippen LogP contribution in [0.2, 0.25) is 5.02 Å². The van der Waals surface area contributed by atoms with Crippen LogP contribution in [0.15, 0.2) is 66.7 Å². The standard InChI is InChI=1S/C25H20ClNO2/c1-29-23-13-8-18(9-14-23)3-2-4-19-5-10-21-17-27(25(28)24(21)15-19)16-20-6-11-22(26)12-7-20/h5-15H,3,16-17H2,1H3. The van der Waals surface area contributed by atoms with Crippen molar-refractivity contribution in [1.29, 1.82) is 0 Å². The Morgan fingerprint density at radius 3 is 2.45 bits per heavy atom. The lowest BCUT2D eigenvalue weighted by atomic mass is 10.1. The number of halogens is 1. The van der Waals surface area contributed by atoms with E-state index in [9.17, 15) is 4.79 Å². The van der Waals surface area contributed by atoms with Gasteiger partial charge in [0.15, 0.2) is 0 Å². The van der Waals surface area contributed by atoms with Gasteiger partial charge in [0.25, 0.3) is 5.91 Å². The van der Waals surface area contributed by atoms with Gasteiger partial charge in [-0.1, -0.05) is 53.8 Å². The molecule has 0 atom stereocenters. The molecular formula is C25H20ClNO2. The Labute approximate surface area is 175 Å². The van der Waals surface area contributed by atoms with Gasteiger partial charge in [0.05, 0.1) is 7.11 Å². The van der Waals surface area contributed by atoms with Gasteiger partial charge in [0.2, 0.25) is 0 Å². The molecule has 0 saturated heterocycles. The number of carbonyl (C=O) groups excluding carboxylic acids is 1. The van der Waals surface area contributed by atoms with Crippen LogP contribution in [0.3, 0.4) is 0 Å². The summed E-state index contributed by atoms with van der Waals surface area (Å²) >= 11 is 5.94. The molecule has 0 bridgehead atoms. The smallest absolute Gasteiger partial charge is 0.254 e. The van der Waals surface area contributed by atoms with Crippen LogP contribution in [0.1, 0.15) is 32.6 Å². The molecule has 4 heteroatoms. The summed E-state index contributed by atoms with van der Waals surface area (Å²) < 4.78 is 5.17. The molecule has 0 radical (unpaired) electrons. The zero-order valence-corrected chi connectivity index (χ0v) is 16.9. The first-order valence-electron chi connectivity index (χ1n) is 9.41. The lowest BCUT2D eigenvalue weighted by Crippen LogP contribution is -2.23. The molecule has 0 N–H and O–H groups in total. The summed E-state index contributed by atoms with van der Waals surface area (Å²) in [5, 5.41) is 0.697. The molecule has 1 heterocycles. The van der Waals surface area contributed by atoms with Crippen molar-refractivity contribution in [2.24, 2.45) is 0 Å². The molecular weight excluding hydrogens is 382 g/mol. The Hall–Kier alpha value is -3.22. The molecule has 0 spiro atoms. The summed E-state index contributed by atoms with van der Waals surface area (Å²) in [4.78, 5) is 14.7. The van der Waals surface area contributed by atoms with E-state index in [2.05, 4.69) is 11.8 Å². The van der Waals surface area contributed by atoms with E-state index in [1.807, 2.05) is 71.6 Å². The molecule has 0 fully saturated rings. The molecule has 1 aliphatic heterocycles. The number of benzene rings is 3. The van der Waals surface area contributed by atoms with E-state index in [0.717, 1.165) is 33.6 Å². The van der Waals surface area contributed by atoms with Crippen molar-refractivity contribution < 1.29 is 9.53 Å². The third kappa shape index (κ3) is 4.45. The summed E-state index contributed by atoms with van der Waals surface area (Å²) in [6.07, 6.45) is 0.651. The third-order valence-electron chi connectivity index (χ3n) is 4.96. The van der Waals surface area contributed by atoms with Crippen LogP contribution in [-0.2, 0) is 19.5 Å². The number of carbonyl (C=O) groups is 1. The van der Waals surface area contributed by atoms with E-state index in [-0.39, 0.29) is 5.91 Å². The Morgan fingerprint density at radius 2 is 1.72 bits per heavy atom. The molecule has 1 aliphatic rings. The molecule has 0 aromatic heterocycles. The number of rotatable bonds is 4. The first-order valence-corrected chi connectivity index (χ1v) is 9.78. The zero-order chi connectivity index (χ0) is 20.2. The monoisotopic (exact) mass is 401 g/mol. The summed E-state index contributed by atoms with van der Waals surface area (Å²) in [5.41, 5.74) is 4.85. The summed E-state index contributed by atoms with van der Waals surface area (Å²) in [6, 6.07) is 21.4. The molecule has 0 saturated carbocycles. The summed E-state index contributed by atoms with van der Waals surface area (Å²) in [7, 11) is 1.65. The number of ether oxygens (including phenoxy) is 1. The minimum atomic E-state index is 0.0498. The normalized spacial score (nSPS) is 12.3. The number of nitrogens with zero attached hydrogens (tertiary/aromatic N) is 1. The highest BCUT2D eigenvalue weighted by atomic mass is 35.5. The van der Waals surface area contributed by atoms with E-state index in [1.54, 1.807) is 7.11 Å². The van der Waals surface area contributed by atoms with Crippen molar-refractivity contribution in [1.82, 2.24) is 4.90 Å². The highest BCUT2D eigenvalue weighted by molar-refractivity contribution is 6.30. The van der Waals surface area contributed by atoms with Gasteiger partial charge in [-0.05, 0) is 53.1 Å². The van der Waals surface area contributed by atoms with E-state index < -0.39 is 0 Å². The molecule has 3 aromatic rings. The number of amides is 1. The van der Waals surface area contributed by atoms with Crippen LogP contribution in [0.25, 0.3) is 0 Å². The lowest BCUT2D eigenvalue weighted by Gasteiger charge is -2.15. The van der Waals surface area contributed by atoms with Gasteiger partial charge in [0.1, 0.15) is 5.75 Å². The minimum absolute atomic E-state index is 0.0498. The predicted molar refractivity (Wildman–Crippen MR) is 115 cm³/mol. The maximum absolute atomic E-state index is 12.8. The number of hydrogen-bond acceptors (Lipinski definition) is 2. The number of methoxy groups -OCH3 is 1. The molecule has 0 unspecified atom stereocenters. The van der Waals surface area contributed by atoms with E-state index in [4.69, 9.17) is 16.3 Å². The average molecular weight is 402 g/mol. The van der Waals surface area contributed by atoms with E-state index in [0.29, 0.717) is 24.5 Å². The topological polar surface area (TPSA) is 29.5 Å². The van der Waals surface area contributed by atoms with Gasteiger partial charge in [-0.25, -0.2) is 0 Å². The maximum Gasteiger partial charge on any atom is 0.254 e. The highest BCUT2D eigenvalue weighted by Crippen LogP contribution is 2.25. The number of hydrogen-bond donors (Lipinski definition) is 0. The Kier molecular flexibility index (Phi) is 5.55. The average Bonchev–Trinajstić information content (AvgIpc) is 3.05. The van der Waals surface area contributed by atoms with Gasteiger partial charge >= 0.3 is 0 Å². The molecule has 144 valence electrons. The fourth-order valence-electron chi connectivity index (χ4n) is 3.37. The van der Waals surface area contributed by atoms with Gasteiger partial charge in [0, 0.05) is 35.7 Å². The van der Waals surface area contributed by atoms with Crippen molar-refractivity contribution in [3.8, 4) is 17.6 Å². The highest BCUT2D eigenvalue weighted by Gasteiger charge is 2.27. The van der Waals surface area contributed by atoms with Crippen molar-refractivity contribution in [2.45, 2.75) is 19.5 Å². The second kappa shape index (κ2) is 8.43. The Morgan fingerprint density at radius 1 is 1.00 bits per heavy atom. The van der Waals surface area contributed by atoms with Crippen LogP contribution in [0.4, 0.5) is 0 Å². The van der Waals surface area contributed by atoms with Crippen LogP contribution >= 0.6 is 11.6 Å². The molecule has 4 rings (SSSR count). The summed E-state index contributed by atoms with van der Waals surface area (Å²) in [6.45, 7) is 1.19. The minimum Gasteiger partial charge on any atom is -0.497 e. The van der Waals surface area contributed by atoms with Crippen LogP contribution < -0.4 is 4.74 Å². The quantitative estimate of drug-likeness (QED) is 0.569. The van der Waals surface area contributed by atoms with Crippen molar-refractivity contribution in [3.63, 3.8) is 0 Å². The predicted octanol–water partition coefficient (Wildman–Crippen LogP) is 5.10. The largest absolute Gasteiger partial charge is 0.497 e. The van der Waals surface area contributed by atoms with E-state index in [1.165, 1.54) is 0 Å². The molecule has 3 nitrogen and oxygen atoms in total. The second-order valence-corrected chi connectivity index (χ2v) is 7.42. The van der Waals surface area contributed by atoms with Crippen LogP contribution in [-0.4, -0.2) is 17.9 Å². The summed E-state index contributed by atoms with van der Waals surface area (Å²) in [5.74, 6) is 7.25. The Balaban J connectivity index is 1.44. The molecule has 0 aliphatic carbocycles. The van der Waals surface area contributed by atoms with Crippen molar-refractivity contribution in [2.75, 3.05) is 7.11 Å². The van der Waals surface area contributed by atoms with Gasteiger partial charge < -0.3 is 9.64 Å². The second-order valence-electron chi connectivity index (χ2n) is 6.99.